The number of likely N-dealkylation sites (N-methyl/N-ethyl adjacent to an activating group) is 1. The van der Waals surface area contributed by atoms with E-state index >= 15 is 0 Å². The summed E-state index contributed by atoms with van der Waals surface area (Å²) in [4.78, 5) is 17.6. The molecule has 0 aliphatic carbocycles. The molecule has 4 rings (SSSR count). The Labute approximate surface area is 176 Å². The molecular formula is C23H26N4O3. The van der Waals surface area contributed by atoms with Crippen molar-refractivity contribution >= 4 is 5.91 Å². The molecule has 2 aromatic carbocycles. The number of carbonyl (C=O) groups excluding carboxylic acids is 1. The van der Waals surface area contributed by atoms with E-state index in [2.05, 4.69) is 11.9 Å². The highest BCUT2D eigenvalue weighted by atomic mass is 16.5. The Morgan fingerprint density at radius 3 is 2.37 bits per heavy atom. The molecular weight excluding hydrogens is 380 g/mol. The third-order valence-corrected chi connectivity index (χ3v) is 5.42. The number of piperazine rings is 1. The van der Waals surface area contributed by atoms with E-state index in [9.17, 15) is 4.79 Å². The lowest BCUT2D eigenvalue weighted by Gasteiger charge is -2.32. The molecule has 1 aliphatic rings. The van der Waals surface area contributed by atoms with Crippen LogP contribution in [0.5, 0.6) is 11.5 Å². The summed E-state index contributed by atoms with van der Waals surface area (Å²) in [7, 11) is 5.30. The fraction of sp³-hybridized carbons (Fsp3) is 0.304. The Bertz CT molecular complexity index is 1020. The van der Waals surface area contributed by atoms with Gasteiger partial charge in [-0.3, -0.25) is 4.79 Å². The zero-order valence-corrected chi connectivity index (χ0v) is 17.5. The molecule has 0 atom stereocenters. The molecule has 1 aliphatic heterocycles. The fourth-order valence-electron chi connectivity index (χ4n) is 3.62. The molecule has 7 heteroatoms. The van der Waals surface area contributed by atoms with Crippen LogP contribution in [0.1, 0.15) is 10.4 Å². The third-order valence-electron chi connectivity index (χ3n) is 5.42. The number of ether oxygens (including phenoxy) is 2. The molecule has 7 nitrogen and oxygen atoms in total. The summed E-state index contributed by atoms with van der Waals surface area (Å²) < 4.78 is 12.7. The summed E-state index contributed by atoms with van der Waals surface area (Å²) in [6.07, 6.45) is 1.81. The van der Waals surface area contributed by atoms with E-state index in [1.807, 2.05) is 59.6 Å². The predicted octanol–water partition coefficient (Wildman–Crippen LogP) is 2.94. The quantitative estimate of drug-likeness (QED) is 0.652. The first-order valence-electron chi connectivity index (χ1n) is 9.96. The van der Waals surface area contributed by atoms with Gasteiger partial charge in [0.05, 0.1) is 25.5 Å². The molecule has 1 aromatic heterocycles. The van der Waals surface area contributed by atoms with Gasteiger partial charge in [-0.1, -0.05) is 18.2 Å². The maximum atomic E-state index is 13.5. The van der Waals surface area contributed by atoms with Crippen LogP contribution in [-0.2, 0) is 0 Å². The van der Waals surface area contributed by atoms with Gasteiger partial charge in [0, 0.05) is 37.9 Å². The molecule has 0 N–H and O–H groups in total. The second-order valence-corrected chi connectivity index (χ2v) is 7.33. The number of methoxy groups -OCH3 is 2. The van der Waals surface area contributed by atoms with Gasteiger partial charge in [-0.2, -0.15) is 5.10 Å². The molecule has 0 spiro atoms. The molecule has 0 unspecified atom stereocenters. The van der Waals surface area contributed by atoms with Gasteiger partial charge in [-0.05, 0) is 37.4 Å². The molecule has 0 bridgehead atoms. The molecule has 2 heterocycles. The highest BCUT2D eigenvalue weighted by molar-refractivity contribution is 6.00. The van der Waals surface area contributed by atoms with Crippen molar-refractivity contribution in [1.82, 2.24) is 19.6 Å². The minimum absolute atomic E-state index is 0.0230. The monoisotopic (exact) mass is 406 g/mol. The molecule has 30 heavy (non-hydrogen) atoms. The van der Waals surface area contributed by atoms with Gasteiger partial charge < -0.3 is 19.3 Å². The van der Waals surface area contributed by atoms with Crippen molar-refractivity contribution in [3.8, 4) is 28.4 Å². The second kappa shape index (κ2) is 8.59. The largest absolute Gasteiger partial charge is 0.497 e. The normalized spacial score (nSPS) is 14.6. The van der Waals surface area contributed by atoms with Crippen LogP contribution in [0.25, 0.3) is 16.9 Å². The van der Waals surface area contributed by atoms with Crippen molar-refractivity contribution in [1.29, 1.82) is 0 Å². The van der Waals surface area contributed by atoms with E-state index < -0.39 is 0 Å². The highest BCUT2D eigenvalue weighted by Gasteiger charge is 2.27. The zero-order chi connectivity index (χ0) is 21.1. The Morgan fingerprint density at radius 1 is 0.967 bits per heavy atom. The van der Waals surface area contributed by atoms with Crippen LogP contribution in [0.2, 0.25) is 0 Å². The van der Waals surface area contributed by atoms with Gasteiger partial charge in [-0.15, -0.1) is 0 Å². The predicted molar refractivity (Wildman–Crippen MR) is 116 cm³/mol. The maximum Gasteiger partial charge on any atom is 0.257 e. The standard InChI is InChI=1S/C23H26N4O3/c1-25-11-13-26(14-12-25)23(28)20-16-27(17-7-5-4-6-8-17)24-22(20)19-15-18(29-2)9-10-21(19)30-3/h4-10,15-16H,11-14H2,1-3H3. The lowest BCUT2D eigenvalue weighted by molar-refractivity contribution is 0.0665. The topological polar surface area (TPSA) is 59.8 Å². The SMILES string of the molecule is COc1ccc(OC)c(-c2nn(-c3ccccc3)cc2C(=O)N2CCN(C)CC2)c1. The third kappa shape index (κ3) is 3.89. The van der Waals surface area contributed by atoms with E-state index in [1.165, 1.54) is 0 Å². The van der Waals surface area contributed by atoms with E-state index in [-0.39, 0.29) is 5.91 Å². The lowest BCUT2D eigenvalue weighted by Crippen LogP contribution is -2.47. The number of benzene rings is 2. The summed E-state index contributed by atoms with van der Waals surface area (Å²) in [5.41, 5.74) is 2.75. The van der Waals surface area contributed by atoms with Gasteiger partial charge in [0.1, 0.15) is 17.2 Å². The van der Waals surface area contributed by atoms with Crippen LogP contribution in [0.4, 0.5) is 0 Å². The van der Waals surface area contributed by atoms with Crippen molar-refractivity contribution in [2.75, 3.05) is 47.4 Å². The Morgan fingerprint density at radius 2 is 1.70 bits per heavy atom. The number of amides is 1. The smallest absolute Gasteiger partial charge is 0.257 e. The molecule has 156 valence electrons. The molecule has 3 aromatic rings. The van der Waals surface area contributed by atoms with E-state index in [1.54, 1.807) is 18.9 Å². The Kier molecular flexibility index (Phi) is 5.72. The summed E-state index contributed by atoms with van der Waals surface area (Å²) >= 11 is 0. The number of para-hydroxylation sites is 1. The highest BCUT2D eigenvalue weighted by Crippen LogP contribution is 2.35. The second-order valence-electron chi connectivity index (χ2n) is 7.33. The minimum atomic E-state index is -0.0230. The van der Waals surface area contributed by atoms with Gasteiger partial charge in [0.15, 0.2) is 0 Å². The van der Waals surface area contributed by atoms with Gasteiger partial charge in [-0.25, -0.2) is 4.68 Å². The number of hydrogen-bond donors (Lipinski definition) is 0. The van der Waals surface area contributed by atoms with E-state index in [4.69, 9.17) is 14.6 Å². The number of rotatable bonds is 5. The summed E-state index contributed by atoms with van der Waals surface area (Å²) in [6.45, 7) is 3.10. The maximum absolute atomic E-state index is 13.5. The molecule has 1 fully saturated rings. The number of aromatic nitrogens is 2. The van der Waals surface area contributed by atoms with Crippen molar-refractivity contribution in [3.05, 3.63) is 60.3 Å². The molecule has 1 amide bonds. The van der Waals surface area contributed by atoms with Crippen LogP contribution < -0.4 is 9.47 Å². The molecule has 1 saturated heterocycles. The first-order valence-corrected chi connectivity index (χ1v) is 9.96. The lowest BCUT2D eigenvalue weighted by atomic mass is 10.1. The van der Waals surface area contributed by atoms with Crippen LogP contribution >= 0.6 is 0 Å². The summed E-state index contributed by atoms with van der Waals surface area (Å²) in [5.74, 6) is 1.30. The van der Waals surface area contributed by atoms with Crippen LogP contribution in [0.15, 0.2) is 54.7 Å². The van der Waals surface area contributed by atoms with Crippen LogP contribution in [0, 0.1) is 0 Å². The van der Waals surface area contributed by atoms with Gasteiger partial charge in [0.2, 0.25) is 0 Å². The average molecular weight is 406 g/mol. The summed E-state index contributed by atoms with van der Waals surface area (Å²) in [5, 5.41) is 4.79. The van der Waals surface area contributed by atoms with Gasteiger partial charge in [0.25, 0.3) is 5.91 Å². The fourth-order valence-corrected chi connectivity index (χ4v) is 3.62. The zero-order valence-electron chi connectivity index (χ0n) is 17.5. The first-order chi connectivity index (χ1) is 14.6. The molecule has 0 saturated carbocycles. The average Bonchev–Trinajstić information content (AvgIpc) is 3.24. The van der Waals surface area contributed by atoms with E-state index in [0.717, 1.165) is 24.3 Å². The number of hydrogen-bond acceptors (Lipinski definition) is 5. The number of nitrogens with zero attached hydrogens (tertiary/aromatic N) is 4. The summed E-state index contributed by atoms with van der Waals surface area (Å²) in [6, 6.07) is 15.3. The Hall–Kier alpha value is -3.32. The number of carbonyl (C=O) groups is 1. The van der Waals surface area contributed by atoms with Crippen molar-refractivity contribution in [3.63, 3.8) is 0 Å². The van der Waals surface area contributed by atoms with Crippen LogP contribution in [-0.4, -0.2) is 72.9 Å². The van der Waals surface area contributed by atoms with Crippen molar-refractivity contribution in [2.24, 2.45) is 0 Å². The van der Waals surface area contributed by atoms with Crippen molar-refractivity contribution < 1.29 is 14.3 Å². The molecule has 0 radical (unpaired) electrons. The van der Waals surface area contributed by atoms with Crippen LogP contribution in [0.3, 0.4) is 0 Å². The minimum Gasteiger partial charge on any atom is -0.497 e. The Balaban J connectivity index is 1.83. The first kappa shape index (κ1) is 20.0. The van der Waals surface area contributed by atoms with Crippen molar-refractivity contribution in [2.45, 2.75) is 0 Å². The van der Waals surface area contributed by atoms with E-state index in [0.29, 0.717) is 35.8 Å². The van der Waals surface area contributed by atoms with Gasteiger partial charge >= 0.3 is 0 Å².